The number of nitrogens with one attached hydrogen (secondary N) is 2. The van der Waals surface area contributed by atoms with Gasteiger partial charge in [-0.2, -0.15) is 0 Å². The molecule has 96 valence electrons. The van der Waals surface area contributed by atoms with Gasteiger partial charge in [0.05, 0.1) is 12.6 Å². The molecule has 0 amide bonds. The van der Waals surface area contributed by atoms with Crippen LogP contribution in [0.3, 0.4) is 0 Å². The Kier molecular flexibility index (Phi) is 4.08. The van der Waals surface area contributed by atoms with Crippen molar-refractivity contribution in [3.8, 4) is 0 Å². The molecule has 0 aliphatic carbocycles. The number of H-pyrrole nitrogens is 1. The van der Waals surface area contributed by atoms with Crippen molar-refractivity contribution in [1.82, 2.24) is 15.3 Å². The van der Waals surface area contributed by atoms with Crippen molar-refractivity contribution in [3.63, 3.8) is 0 Å². The topological polar surface area (TPSA) is 97.0 Å². The largest absolute Gasteiger partial charge is 0.433 e. The number of aromatic amines is 1. The molecule has 0 atom stereocenters. The van der Waals surface area contributed by atoms with Crippen molar-refractivity contribution in [2.75, 3.05) is 6.54 Å². The molecule has 7 heteroatoms. The highest BCUT2D eigenvalue weighted by Gasteiger charge is 2.10. The number of aryl methyl sites for hydroxylation is 1. The molecular formula is C11H14N4O3. The van der Waals surface area contributed by atoms with Crippen LogP contribution in [0.1, 0.15) is 18.0 Å². The summed E-state index contributed by atoms with van der Waals surface area (Å²) in [5, 5.41) is 13.6. The molecule has 0 spiro atoms. The minimum absolute atomic E-state index is 0.220. The highest BCUT2D eigenvalue weighted by Crippen LogP contribution is 2.15. The van der Waals surface area contributed by atoms with Gasteiger partial charge in [0, 0.05) is 18.8 Å². The zero-order valence-corrected chi connectivity index (χ0v) is 9.76. The molecule has 0 fully saturated rings. The molecule has 7 nitrogen and oxygen atoms in total. The number of nitrogens with zero attached hydrogens (tertiary/aromatic N) is 2. The summed E-state index contributed by atoms with van der Waals surface area (Å²) >= 11 is 0. The zero-order valence-electron chi connectivity index (χ0n) is 9.76. The molecule has 0 unspecified atom stereocenters. The number of imidazole rings is 1. The molecule has 0 aromatic carbocycles. The van der Waals surface area contributed by atoms with Gasteiger partial charge in [0.1, 0.15) is 16.5 Å². The highest BCUT2D eigenvalue weighted by molar-refractivity contribution is 5.17. The first-order valence-corrected chi connectivity index (χ1v) is 5.68. The van der Waals surface area contributed by atoms with Crippen LogP contribution in [0.5, 0.6) is 0 Å². The van der Waals surface area contributed by atoms with E-state index in [1.807, 2.05) is 0 Å². The van der Waals surface area contributed by atoms with Crippen molar-refractivity contribution < 1.29 is 9.34 Å². The van der Waals surface area contributed by atoms with E-state index in [9.17, 15) is 10.1 Å². The van der Waals surface area contributed by atoms with Crippen LogP contribution >= 0.6 is 0 Å². The van der Waals surface area contributed by atoms with E-state index in [0.29, 0.717) is 12.3 Å². The monoisotopic (exact) mass is 250 g/mol. The maximum absolute atomic E-state index is 10.4. The summed E-state index contributed by atoms with van der Waals surface area (Å²) in [6, 6.07) is 2.97. The summed E-state index contributed by atoms with van der Waals surface area (Å²) in [7, 11) is 0. The van der Waals surface area contributed by atoms with Crippen molar-refractivity contribution in [1.29, 1.82) is 0 Å². The van der Waals surface area contributed by atoms with Gasteiger partial charge in [-0.15, -0.1) is 0 Å². The van der Waals surface area contributed by atoms with Gasteiger partial charge in [-0.05, 0) is 19.0 Å². The molecule has 2 aromatic heterocycles. The number of furan rings is 1. The lowest BCUT2D eigenvalue weighted by Crippen LogP contribution is -2.15. The Hall–Kier alpha value is -2.15. The standard InChI is InChI=1S/C11H14N4O3/c16-15(17)11-4-3-9(18-11)8-12-5-1-2-10-13-6-7-14-10/h3-4,6-7,12H,1-2,5,8H2,(H,13,14). The van der Waals surface area contributed by atoms with Crippen molar-refractivity contribution in [2.24, 2.45) is 0 Å². The third kappa shape index (κ3) is 3.42. The van der Waals surface area contributed by atoms with E-state index in [2.05, 4.69) is 15.3 Å². The van der Waals surface area contributed by atoms with E-state index in [1.54, 1.807) is 18.5 Å². The van der Waals surface area contributed by atoms with Gasteiger partial charge in [0.25, 0.3) is 0 Å². The summed E-state index contributed by atoms with van der Waals surface area (Å²) in [5.74, 6) is 1.31. The van der Waals surface area contributed by atoms with E-state index in [1.165, 1.54) is 6.07 Å². The second-order valence-corrected chi connectivity index (χ2v) is 3.81. The van der Waals surface area contributed by atoms with Gasteiger partial charge in [-0.25, -0.2) is 4.98 Å². The number of rotatable bonds is 7. The smallest absolute Gasteiger partial charge is 0.404 e. The van der Waals surface area contributed by atoms with E-state index in [-0.39, 0.29) is 5.88 Å². The minimum Gasteiger partial charge on any atom is -0.404 e. The van der Waals surface area contributed by atoms with E-state index >= 15 is 0 Å². The fourth-order valence-electron chi connectivity index (χ4n) is 1.59. The van der Waals surface area contributed by atoms with Gasteiger partial charge in [-0.1, -0.05) is 0 Å². The lowest BCUT2D eigenvalue weighted by molar-refractivity contribution is -0.402. The lowest BCUT2D eigenvalue weighted by atomic mass is 10.3. The van der Waals surface area contributed by atoms with Crippen LogP contribution in [-0.4, -0.2) is 21.4 Å². The minimum atomic E-state index is -0.541. The van der Waals surface area contributed by atoms with Crippen molar-refractivity contribution >= 4 is 5.88 Å². The number of hydrogen-bond donors (Lipinski definition) is 2. The molecule has 0 saturated carbocycles. The SMILES string of the molecule is O=[N+]([O-])c1ccc(CNCCCc2ncc[nH]2)o1. The van der Waals surface area contributed by atoms with E-state index in [4.69, 9.17) is 4.42 Å². The first kappa shape index (κ1) is 12.3. The van der Waals surface area contributed by atoms with Crippen molar-refractivity contribution in [2.45, 2.75) is 19.4 Å². The lowest BCUT2D eigenvalue weighted by Gasteiger charge is -2.00. The molecule has 2 rings (SSSR count). The maximum Gasteiger partial charge on any atom is 0.433 e. The first-order chi connectivity index (χ1) is 8.75. The second-order valence-electron chi connectivity index (χ2n) is 3.81. The summed E-state index contributed by atoms with van der Waals surface area (Å²) in [6.45, 7) is 1.29. The average Bonchev–Trinajstić information content (AvgIpc) is 2.98. The van der Waals surface area contributed by atoms with E-state index in [0.717, 1.165) is 25.2 Å². The Labute approximate surface area is 103 Å². The Morgan fingerprint density at radius 2 is 2.39 bits per heavy atom. The molecule has 2 N–H and O–H groups in total. The predicted octanol–water partition coefficient (Wildman–Crippen LogP) is 1.63. The molecule has 2 heterocycles. The Morgan fingerprint density at radius 3 is 3.06 bits per heavy atom. The molecule has 0 aliphatic heterocycles. The summed E-state index contributed by atoms with van der Waals surface area (Å²) in [4.78, 5) is 17.0. The third-order valence-corrected chi connectivity index (χ3v) is 2.45. The first-order valence-electron chi connectivity index (χ1n) is 5.68. The highest BCUT2D eigenvalue weighted by atomic mass is 16.6. The van der Waals surface area contributed by atoms with Gasteiger partial charge < -0.3 is 14.7 Å². The van der Waals surface area contributed by atoms with Gasteiger partial charge in [0.2, 0.25) is 0 Å². The Balaban J connectivity index is 1.64. The number of aromatic nitrogens is 2. The summed E-state index contributed by atoms with van der Waals surface area (Å²) in [6.07, 6.45) is 5.34. The molecule has 0 radical (unpaired) electrons. The van der Waals surface area contributed by atoms with Crippen LogP contribution in [0.2, 0.25) is 0 Å². The maximum atomic E-state index is 10.4. The number of nitro groups is 1. The average molecular weight is 250 g/mol. The van der Waals surface area contributed by atoms with Gasteiger partial charge in [0.15, 0.2) is 0 Å². The predicted molar refractivity (Wildman–Crippen MR) is 64.0 cm³/mol. The molecular weight excluding hydrogens is 236 g/mol. The van der Waals surface area contributed by atoms with Gasteiger partial charge in [-0.3, -0.25) is 10.1 Å². The summed E-state index contributed by atoms with van der Waals surface area (Å²) < 4.78 is 5.02. The number of hydrogen-bond acceptors (Lipinski definition) is 5. The van der Waals surface area contributed by atoms with Gasteiger partial charge >= 0.3 is 5.88 Å². The van der Waals surface area contributed by atoms with Crippen molar-refractivity contribution in [3.05, 3.63) is 46.2 Å². The van der Waals surface area contributed by atoms with Crippen LogP contribution < -0.4 is 5.32 Å². The molecule has 2 aromatic rings. The third-order valence-electron chi connectivity index (χ3n) is 2.45. The molecule has 18 heavy (non-hydrogen) atoms. The fraction of sp³-hybridized carbons (Fsp3) is 0.364. The molecule has 0 bridgehead atoms. The zero-order chi connectivity index (χ0) is 12.8. The quantitative estimate of drug-likeness (QED) is 0.442. The van der Waals surface area contributed by atoms with Crippen LogP contribution in [0.15, 0.2) is 28.9 Å². The van der Waals surface area contributed by atoms with E-state index < -0.39 is 4.92 Å². The van der Waals surface area contributed by atoms with Crippen LogP contribution in [-0.2, 0) is 13.0 Å². The van der Waals surface area contributed by atoms with Crippen LogP contribution in [0, 0.1) is 10.1 Å². The molecule has 0 aliphatic rings. The normalized spacial score (nSPS) is 10.7. The Morgan fingerprint density at radius 1 is 1.50 bits per heavy atom. The molecule has 0 saturated heterocycles. The Bertz CT molecular complexity index is 492. The fourth-order valence-corrected chi connectivity index (χ4v) is 1.59. The summed E-state index contributed by atoms with van der Waals surface area (Å²) in [5.41, 5.74) is 0. The van der Waals surface area contributed by atoms with Crippen LogP contribution in [0.4, 0.5) is 5.88 Å². The van der Waals surface area contributed by atoms with Crippen LogP contribution in [0.25, 0.3) is 0 Å². The second kappa shape index (κ2) is 5.97.